The van der Waals surface area contributed by atoms with Gasteiger partial charge in [-0.3, -0.25) is 34.1 Å². The van der Waals surface area contributed by atoms with Crippen molar-refractivity contribution in [1.29, 1.82) is 0 Å². The predicted octanol–water partition coefficient (Wildman–Crippen LogP) is 3.27. The molecule has 0 heterocycles. The van der Waals surface area contributed by atoms with Crippen LogP contribution < -0.4 is 16.0 Å². The second-order valence-corrected chi connectivity index (χ2v) is 11.0. The van der Waals surface area contributed by atoms with Gasteiger partial charge in [-0.2, -0.15) is 0 Å². The van der Waals surface area contributed by atoms with Gasteiger partial charge >= 0.3 is 5.97 Å². The summed E-state index contributed by atoms with van der Waals surface area (Å²) in [6.07, 6.45) is 3.40. The molecule has 2 aromatic carbocycles. The molecule has 3 unspecified atom stereocenters. The van der Waals surface area contributed by atoms with Gasteiger partial charge in [-0.25, -0.2) is 0 Å². The average molecular weight is 645 g/mol. The average Bonchev–Trinajstić information content (AvgIpc) is 3.02. The van der Waals surface area contributed by atoms with E-state index < -0.39 is 47.0 Å². The van der Waals surface area contributed by atoms with Crippen molar-refractivity contribution in [3.05, 3.63) is 74.8 Å². The summed E-state index contributed by atoms with van der Waals surface area (Å²) in [4.78, 5) is 73.9. The number of nitrogens with zero attached hydrogens (tertiary/aromatic N) is 1. The highest BCUT2D eigenvalue weighted by molar-refractivity contribution is 6.38. The van der Waals surface area contributed by atoms with E-state index in [4.69, 9.17) is 21.1 Å². The minimum absolute atomic E-state index is 0.0126. The number of esters is 1. The third-order valence-electron chi connectivity index (χ3n) is 7.34. The summed E-state index contributed by atoms with van der Waals surface area (Å²) < 4.78 is 10.4. The second kappa shape index (κ2) is 17.8. The van der Waals surface area contributed by atoms with Crippen LogP contribution in [0.2, 0.25) is 5.02 Å². The molecule has 3 N–H and O–H groups in total. The number of carbonyl (C=O) groups is 5. The van der Waals surface area contributed by atoms with Crippen molar-refractivity contribution in [2.24, 2.45) is 5.92 Å². The zero-order valence-electron chi connectivity index (χ0n) is 24.9. The van der Waals surface area contributed by atoms with Crippen LogP contribution >= 0.6 is 11.6 Å². The van der Waals surface area contributed by atoms with Gasteiger partial charge in [0.05, 0.1) is 24.7 Å². The van der Waals surface area contributed by atoms with Gasteiger partial charge in [0.15, 0.2) is 0 Å². The van der Waals surface area contributed by atoms with E-state index >= 15 is 0 Å². The van der Waals surface area contributed by atoms with Crippen molar-refractivity contribution in [3.63, 3.8) is 0 Å². The summed E-state index contributed by atoms with van der Waals surface area (Å²) in [6, 6.07) is 11.3. The number of hydrogen-bond acceptors (Lipinski definition) is 9. The van der Waals surface area contributed by atoms with E-state index in [0.29, 0.717) is 19.3 Å². The number of nitro groups is 1. The van der Waals surface area contributed by atoms with Gasteiger partial charge in [-0.15, -0.1) is 0 Å². The van der Waals surface area contributed by atoms with Gasteiger partial charge in [0, 0.05) is 23.6 Å². The third kappa shape index (κ3) is 11.3. The fourth-order valence-corrected chi connectivity index (χ4v) is 5.26. The smallest absolute Gasteiger partial charge is 0.325 e. The molecule has 0 radical (unpaired) electrons. The van der Waals surface area contributed by atoms with Crippen LogP contribution in [-0.4, -0.2) is 66.2 Å². The molecule has 14 heteroatoms. The number of rotatable bonds is 16. The molecule has 242 valence electrons. The lowest BCUT2D eigenvalue weighted by atomic mass is 9.81. The van der Waals surface area contributed by atoms with Crippen molar-refractivity contribution in [2.45, 2.75) is 64.1 Å². The molecule has 3 rings (SSSR count). The molecular weight excluding hydrogens is 608 g/mol. The fraction of sp³-hybridized carbons (Fsp3) is 0.452. The van der Waals surface area contributed by atoms with Crippen molar-refractivity contribution in [2.75, 3.05) is 19.8 Å². The summed E-state index contributed by atoms with van der Waals surface area (Å²) in [5.74, 6) is -3.99. The molecule has 1 saturated carbocycles. The van der Waals surface area contributed by atoms with E-state index in [1.54, 1.807) is 6.92 Å². The number of Topliss-reactive ketones (excluding diaryl/α,β-unsaturated/α-hetero) is 1. The summed E-state index contributed by atoms with van der Waals surface area (Å²) >= 11 is 5.99. The Morgan fingerprint density at radius 1 is 1.07 bits per heavy atom. The fourth-order valence-electron chi connectivity index (χ4n) is 5.08. The first kappa shape index (κ1) is 35.1. The third-order valence-corrected chi connectivity index (χ3v) is 7.57. The van der Waals surface area contributed by atoms with Crippen molar-refractivity contribution >= 4 is 46.8 Å². The zero-order valence-corrected chi connectivity index (χ0v) is 25.7. The number of nitrogens with one attached hydrogen (secondary N) is 3. The standard InChI is InChI=1S/C31H37ClN4O9/c1-2-45-28(38)17-33-31(41)29(39)25(19-44-18-20-8-4-3-5-9-20)34-27(37)15-12-21-10-6-7-11-24(21)35-30(40)23-16-22(32)13-14-26(23)36(42)43/h3-5,8-9,13-14,16,21,24-25H,2,6-7,10-12,15,17-19H2,1H3,(H,33,41)(H,34,37)(H,35,40). The molecule has 3 atom stereocenters. The highest BCUT2D eigenvalue weighted by atomic mass is 35.5. The molecule has 2 aromatic rings. The second-order valence-electron chi connectivity index (χ2n) is 10.6. The number of benzene rings is 2. The summed E-state index contributed by atoms with van der Waals surface area (Å²) in [6.45, 7) is 1.07. The quantitative estimate of drug-likeness (QED) is 0.107. The molecule has 1 fully saturated rings. The molecule has 3 amide bonds. The number of nitro benzene ring substituents is 1. The molecule has 1 aliphatic carbocycles. The van der Waals surface area contributed by atoms with Crippen LogP contribution in [0.15, 0.2) is 48.5 Å². The molecule has 0 saturated heterocycles. The lowest BCUT2D eigenvalue weighted by Gasteiger charge is -2.32. The summed E-state index contributed by atoms with van der Waals surface area (Å²) in [5.41, 5.74) is 0.322. The van der Waals surface area contributed by atoms with E-state index in [1.807, 2.05) is 30.3 Å². The molecule has 0 aromatic heterocycles. The monoisotopic (exact) mass is 644 g/mol. The maximum Gasteiger partial charge on any atom is 0.325 e. The molecule has 0 spiro atoms. The molecule has 1 aliphatic rings. The van der Waals surface area contributed by atoms with Gasteiger partial charge in [0.1, 0.15) is 18.2 Å². The first-order valence-electron chi connectivity index (χ1n) is 14.7. The van der Waals surface area contributed by atoms with Gasteiger partial charge in [-0.05, 0) is 49.8 Å². The molecule has 45 heavy (non-hydrogen) atoms. The lowest BCUT2D eigenvalue weighted by molar-refractivity contribution is -0.385. The summed E-state index contributed by atoms with van der Waals surface area (Å²) in [7, 11) is 0. The van der Waals surface area contributed by atoms with E-state index in [2.05, 4.69) is 16.0 Å². The Morgan fingerprint density at radius 3 is 2.51 bits per heavy atom. The maximum absolute atomic E-state index is 13.0. The van der Waals surface area contributed by atoms with Crippen molar-refractivity contribution in [3.8, 4) is 0 Å². The van der Waals surface area contributed by atoms with Crippen LogP contribution in [0.1, 0.15) is 61.4 Å². The van der Waals surface area contributed by atoms with Crippen molar-refractivity contribution in [1.82, 2.24) is 16.0 Å². The van der Waals surface area contributed by atoms with E-state index in [-0.39, 0.29) is 54.5 Å². The number of ether oxygens (including phenoxy) is 2. The molecule has 13 nitrogen and oxygen atoms in total. The zero-order chi connectivity index (χ0) is 32.8. The topological polar surface area (TPSA) is 183 Å². The Morgan fingerprint density at radius 2 is 1.80 bits per heavy atom. The van der Waals surface area contributed by atoms with Crippen LogP contribution in [0, 0.1) is 16.0 Å². The SMILES string of the molecule is CCOC(=O)CNC(=O)C(=O)C(COCc1ccccc1)NC(=O)CCC1CCCCC1NC(=O)c1cc(Cl)ccc1[N+](=O)[O-]. The minimum Gasteiger partial charge on any atom is -0.465 e. The van der Waals surface area contributed by atoms with Gasteiger partial charge in [0.2, 0.25) is 11.7 Å². The molecule has 0 bridgehead atoms. The van der Waals surface area contributed by atoms with Crippen LogP contribution in [0.5, 0.6) is 0 Å². The predicted molar refractivity (Wildman–Crippen MR) is 163 cm³/mol. The van der Waals surface area contributed by atoms with Crippen molar-refractivity contribution < 1.29 is 38.4 Å². The van der Waals surface area contributed by atoms with Gasteiger partial charge in [-0.1, -0.05) is 54.8 Å². The minimum atomic E-state index is -1.31. The van der Waals surface area contributed by atoms with E-state index in [1.165, 1.54) is 18.2 Å². The Hall–Kier alpha value is -4.36. The number of ketones is 1. The Balaban J connectivity index is 1.61. The highest BCUT2D eigenvalue weighted by Gasteiger charge is 2.31. The van der Waals surface area contributed by atoms with E-state index in [0.717, 1.165) is 18.4 Å². The van der Waals surface area contributed by atoms with Crippen LogP contribution in [0.25, 0.3) is 0 Å². The first-order valence-corrected chi connectivity index (χ1v) is 15.1. The van der Waals surface area contributed by atoms with Crippen LogP contribution in [-0.2, 0) is 35.3 Å². The number of carbonyl (C=O) groups excluding carboxylic acids is 5. The number of amides is 3. The van der Waals surface area contributed by atoms with Crippen LogP contribution in [0.4, 0.5) is 5.69 Å². The maximum atomic E-state index is 13.0. The molecule has 0 aliphatic heterocycles. The highest BCUT2D eigenvalue weighted by Crippen LogP contribution is 2.29. The lowest BCUT2D eigenvalue weighted by Crippen LogP contribution is -2.50. The van der Waals surface area contributed by atoms with Gasteiger partial charge in [0.25, 0.3) is 17.5 Å². The summed E-state index contributed by atoms with van der Waals surface area (Å²) in [5, 5.41) is 19.3. The number of hydrogen-bond donors (Lipinski definition) is 3. The Kier molecular flexibility index (Phi) is 13.9. The first-order chi connectivity index (χ1) is 21.6. The number of halogens is 1. The molecular formula is C31H37ClN4O9. The van der Waals surface area contributed by atoms with Crippen LogP contribution in [0.3, 0.4) is 0 Å². The normalized spacial score (nSPS) is 16.6. The Bertz CT molecular complexity index is 1370. The Labute approximate surface area is 265 Å². The van der Waals surface area contributed by atoms with Gasteiger partial charge < -0.3 is 25.4 Å². The van der Waals surface area contributed by atoms with E-state index in [9.17, 15) is 34.1 Å². The largest absolute Gasteiger partial charge is 0.465 e.